The quantitative estimate of drug-likeness (QED) is 0.694. The van der Waals surface area contributed by atoms with Gasteiger partial charge in [0.15, 0.2) is 0 Å². The zero-order valence-electron chi connectivity index (χ0n) is 9.55. The van der Waals surface area contributed by atoms with Crippen LogP contribution in [-0.4, -0.2) is 9.97 Å². The second-order valence-corrected chi connectivity index (χ2v) is 5.58. The van der Waals surface area contributed by atoms with Crippen LogP contribution in [0.5, 0.6) is 11.6 Å². The highest BCUT2D eigenvalue weighted by Crippen LogP contribution is 2.30. The van der Waals surface area contributed by atoms with Crippen LogP contribution in [0.1, 0.15) is 5.56 Å². The van der Waals surface area contributed by atoms with Gasteiger partial charge in [-0.25, -0.2) is 9.97 Å². The number of hydrogen-bond donors (Lipinski definition) is 0. The summed E-state index contributed by atoms with van der Waals surface area (Å²) in [4.78, 5) is 9.32. The largest absolute Gasteiger partial charge is 0.438 e. The Morgan fingerprint density at radius 3 is 2.94 bits per heavy atom. The van der Waals surface area contributed by atoms with E-state index in [-0.39, 0.29) is 0 Å². The van der Waals surface area contributed by atoms with Gasteiger partial charge in [0.2, 0.25) is 5.88 Å². The first-order chi connectivity index (χ1) is 8.74. The molecule has 0 aliphatic rings. The maximum atomic E-state index is 5.82. The fraction of sp³-hybridized carbons (Fsp3) is 0.0769. The molecule has 0 unspecified atom stereocenters. The maximum Gasteiger partial charge on any atom is 0.231 e. The van der Waals surface area contributed by atoms with Gasteiger partial charge in [-0.05, 0) is 42.1 Å². The van der Waals surface area contributed by atoms with Crippen LogP contribution in [0.4, 0.5) is 0 Å². The molecule has 0 aliphatic heterocycles. The molecule has 5 heteroatoms. The number of thiophene rings is 1. The van der Waals surface area contributed by atoms with E-state index in [2.05, 4.69) is 25.9 Å². The first-order valence-corrected chi connectivity index (χ1v) is 7.03. The van der Waals surface area contributed by atoms with Gasteiger partial charge < -0.3 is 4.74 Å². The van der Waals surface area contributed by atoms with Crippen LogP contribution in [0.2, 0.25) is 0 Å². The van der Waals surface area contributed by atoms with E-state index in [1.165, 1.54) is 6.33 Å². The van der Waals surface area contributed by atoms with Crippen molar-refractivity contribution in [2.75, 3.05) is 0 Å². The molecule has 2 aromatic heterocycles. The number of hydrogen-bond acceptors (Lipinski definition) is 4. The predicted molar refractivity (Wildman–Crippen MR) is 76.4 cm³/mol. The highest BCUT2D eigenvalue weighted by atomic mass is 79.9. The van der Waals surface area contributed by atoms with Crippen molar-refractivity contribution in [3.63, 3.8) is 0 Å². The molecule has 0 amide bonds. The van der Waals surface area contributed by atoms with Gasteiger partial charge in [-0.1, -0.05) is 15.9 Å². The normalized spacial score (nSPS) is 10.8. The van der Waals surface area contributed by atoms with E-state index in [4.69, 9.17) is 4.74 Å². The first-order valence-electron chi connectivity index (χ1n) is 5.36. The summed E-state index contributed by atoms with van der Waals surface area (Å²) in [6.07, 6.45) is 1.53. The van der Waals surface area contributed by atoms with Crippen molar-refractivity contribution < 1.29 is 4.74 Å². The fourth-order valence-electron chi connectivity index (χ4n) is 1.64. The highest BCUT2D eigenvalue weighted by Gasteiger charge is 2.07. The molecule has 0 bridgehead atoms. The average molecular weight is 321 g/mol. The predicted octanol–water partition coefficient (Wildman–Crippen LogP) is 4.55. The Morgan fingerprint density at radius 1 is 1.22 bits per heavy atom. The van der Waals surface area contributed by atoms with Crippen molar-refractivity contribution in [1.29, 1.82) is 0 Å². The minimum Gasteiger partial charge on any atom is -0.438 e. The van der Waals surface area contributed by atoms with Crippen LogP contribution in [0, 0.1) is 6.92 Å². The first kappa shape index (κ1) is 11.6. The summed E-state index contributed by atoms with van der Waals surface area (Å²) in [7, 11) is 0. The smallest absolute Gasteiger partial charge is 0.231 e. The van der Waals surface area contributed by atoms with E-state index in [1.54, 1.807) is 11.3 Å². The van der Waals surface area contributed by atoms with Crippen LogP contribution < -0.4 is 4.74 Å². The molecule has 90 valence electrons. The van der Waals surface area contributed by atoms with Gasteiger partial charge in [0.05, 0.1) is 5.39 Å². The second-order valence-electron chi connectivity index (χ2n) is 3.83. The molecular weight excluding hydrogens is 312 g/mol. The topological polar surface area (TPSA) is 35.0 Å². The number of rotatable bonds is 2. The monoisotopic (exact) mass is 320 g/mol. The maximum absolute atomic E-state index is 5.82. The van der Waals surface area contributed by atoms with Gasteiger partial charge in [0.1, 0.15) is 16.9 Å². The molecule has 0 fully saturated rings. The Kier molecular flexibility index (Phi) is 3.01. The Labute approximate surface area is 117 Å². The standard InChI is InChI=1S/C13H9BrN2OS/c1-8-6-9(2-3-11(8)14)17-12-10-4-5-18-13(10)16-7-15-12/h2-7H,1H3. The van der Waals surface area contributed by atoms with Gasteiger partial charge in [-0.15, -0.1) is 11.3 Å². The molecule has 1 aromatic carbocycles. The SMILES string of the molecule is Cc1cc(Oc2ncnc3sccc23)ccc1Br. The molecule has 3 rings (SSSR count). The summed E-state index contributed by atoms with van der Waals surface area (Å²) in [6.45, 7) is 2.02. The van der Waals surface area contributed by atoms with Crippen LogP contribution in [0.3, 0.4) is 0 Å². The van der Waals surface area contributed by atoms with Crippen molar-refractivity contribution in [2.24, 2.45) is 0 Å². The molecule has 0 aliphatic carbocycles. The van der Waals surface area contributed by atoms with Crippen molar-refractivity contribution in [2.45, 2.75) is 6.92 Å². The fourth-order valence-corrected chi connectivity index (χ4v) is 2.61. The summed E-state index contributed by atoms with van der Waals surface area (Å²) in [5.74, 6) is 1.38. The summed E-state index contributed by atoms with van der Waals surface area (Å²) in [6, 6.07) is 7.83. The average Bonchev–Trinajstić information content (AvgIpc) is 2.83. The summed E-state index contributed by atoms with van der Waals surface area (Å²) in [5.41, 5.74) is 1.13. The molecule has 0 radical (unpaired) electrons. The van der Waals surface area contributed by atoms with Gasteiger partial charge in [-0.3, -0.25) is 0 Å². The zero-order valence-corrected chi connectivity index (χ0v) is 12.0. The lowest BCUT2D eigenvalue weighted by Gasteiger charge is -2.07. The number of halogens is 1. The molecule has 0 spiro atoms. The lowest BCUT2D eigenvalue weighted by atomic mass is 10.2. The van der Waals surface area contributed by atoms with E-state index in [1.807, 2.05) is 36.6 Å². The molecule has 0 saturated heterocycles. The lowest BCUT2D eigenvalue weighted by Crippen LogP contribution is -1.90. The van der Waals surface area contributed by atoms with Crippen LogP contribution in [-0.2, 0) is 0 Å². The lowest BCUT2D eigenvalue weighted by molar-refractivity contribution is 0.468. The third kappa shape index (κ3) is 2.11. The minimum absolute atomic E-state index is 0.600. The Bertz CT molecular complexity index is 711. The van der Waals surface area contributed by atoms with Gasteiger partial charge in [0.25, 0.3) is 0 Å². The van der Waals surface area contributed by atoms with Crippen LogP contribution in [0.15, 0.2) is 40.4 Å². The van der Waals surface area contributed by atoms with Crippen molar-refractivity contribution in [3.8, 4) is 11.6 Å². The molecule has 3 nitrogen and oxygen atoms in total. The molecule has 0 atom stereocenters. The van der Waals surface area contributed by atoms with Gasteiger partial charge in [-0.2, -0.15) is 0 Å². The van der Waals surface area contributed by atoms with E-state index in [0.717, 1.165) is 26.0 Å². The van der Waals surface area contributed by atoms with Crippen LogP contribution >= 0.6 is 27.3 Å². The Balaban J connectivity index is 2.01. The third-order valence-corrected chi connectivity index (χ3v) is 4.28. The summed E-state index contributed by atoms with van der Waals surface area (Å²) < 4.78 is 6.89. The van der Waals surface area contributed by atoms with E-state index in [0.29, 0.717) is 5.88 Å². The van der Waals surface area contributed by atoms with Crippen molar-refractivity contribution in [1.82, 2.24) is 9.97 Å². The van der Waals surface area contributed by atoms with E-state index in [9.17, 15) is 0 Å². The molecular formula is C13H9BrN2OS. The Morgan fingerprint density at radius 2 is 2.11 bits per heavy atom. The summed E-state index contributed by atoms with van der Waals surface area (Å²) in [5, 5.41) is 2.93. The zero-order chi connectivity index (χ0) is 12.5. The number of nitrogens with zero attached hydrogens (tertiary/aromatic N) is 2. The summed E-state index contributed by atoms with van der Waals surface area (Å²) >= 11 is 5.05. The van der Waals surface area contributed by atoms with E-state index < -0.39 is 0 Å². The molecule has 2 heterocycles. The number of ether oxygens (including phenoxy) is 1. The number of aromatic nitrogens is 2. The molecule has 18 heavy (non-hydrogen) atoms. The molecule has 3 aromatic rings. The highest BCUT2D eigenvalue weighted by molar-refractivity contribution is 9.10. The van der Waals surface area contributed by atoms with Crippen molar-refractivity contribution in [3.05, 3.63) is 46.0 Å². The van der Waals surface area contributed by atoms with Gasteiger partial charge >= 0.3 is 0 Å². The number of aryl methyl sites for hydroxylation is 1. The molecule has 0 N–H and O–H groups in total. The Hall–Kier alpha value is -1.46. The van der Waals surface area contributed by atoms with Crippen LogP contribution in [0.25, 0.3) is 10.2 Å². The van der Waals surface area contributed by atoms with E-state index >= 15 is 0 Å². The minimum atomic E-state index is 0.600. The number of fused-ring (bicyclic) bond motifs is 1. The van der Waals surface area contributed by atoms with Crippen molar-refractivity contribution >= 4 is 37.5 Å². The number of benzene rings is 1. The second kappa shape index (κ2) is 4.66. The third-order valence-electron chi connectivity index (χ3n) is 2.57. The molecule has 0 saturated carbocycles. The van der Waals surface area contributed by atoms with Gasteiger partial charge in [0, 0.05) is 4.47 Å².